The first-order valence-electron chi connectivity index (χ1n) is 6.78. The normalized spacial score (nSPS) is 12.1. The van der Waals surface area contributed by atoms with Crippen molar-refractivity contribution < 1.29 is 9.21 Å². The van der Waals surface area contributed by atoms with Crippen molar-refractivity contribution >= 4 is 5.91 Å². The first kappa shape index (κ1) is 14.3. The molecule has 0 fully saturated rings. The minimum Gasteiger partial charge on any atom is -0.468 e. The molecule has 2 N–H and O–H groups in total. The standard InChI is InChI=1S/C16H20N2O2/c1-12-5-7-14(8-6-12)16(19)18-10-9-17-13(2)15-4-3-11-20-15/h3-8,11,13,17H,9-10H2,1-2H3,(H,18,19). The summed E-state index contributed by atoms with van der Waals surface area (Å²) in [5.74, 6) is 0.854. The van der Waals surface area contributed by atoms with Crippen molar-refractivity contribution in [3.63, 3.8) is 0 Å². The molecule has 2 rings (SSSR count). The highest BCUT2D eigenvalue weighted by Crippen LogP contribution is 2.11. The van der Waals surface area contributed by atoms with Gasteiger partial charge >= 0.3 is 0 Å². The molecular weight excluding hydrogens is 252 g/mol. The summed E-state index contributed by atoms with van der Waals surface area (Å²) in [4.78, 5) is 11.9. The summed E-state index contributed by atoms with van der Waals surface area (Å²) in [6.07, 6.45) is 1.66. The van der Waals surface area contributed by atoms with Crippen LogP contribution in [0.3, 0.4) is 0 Å². The highest BCUT2D eigenvalue weighted by atomic mass is 16.3. The molecule has 20 heavy (non-hydrogen) atoms. The predicted molar refractivity (Wildman–Crippen MR) is 78.6 cm³/mol. The van der Waals surface area contributed by atoms with Gasteiger partial charge in [-0.05, 0) is 38.1 Å². The largest absolute Gasteiger partial charge is 0.468 e. The summed E-state index contributed by atoms with van der Waals surface area (Å²) in [7, 11) is 0. The molecule has 0 saturated heterocycles. The summed E-state index contributed by atoms with van der Waals surface area (Å²) in [6, 6.07) is 11.5. The zero-order chi connectivity index (χ0) is 14.4. The zero-order valence-electron chi connectivity index (χ0n) is 11.8. The highest BCUT2D eigenvalue weighted by Gasteiger charge is 2.07. The van der Waals surface area contributed by atoms with Crippen LogP contribution in [0.25, 0.3) is 0 Å². The van der Waals surface area contributed by atoms with Crippen molar-refractivity contribution in [1.29, 1.82) is 0 Å². The molecule has 0 saturated carbocycles. The molecule has 4 heteroatoms. The SMILES string of the molecule is Cc1ccc(C(=O)NCCNC(C)c2ccco2)cc1. The van der Waals surface area contributed by atoms with Gasteiger partial charge in [0.25, 0.3) is 5.91 Å². The Labute approximate surface area is 119 Å². The number of hydrogen-bond acceptors (Lipinski definition) is 3. The number of carbonyl (C=O) groups is 1. The van der Waals surface area contributed by atoms with Crippen molar-refractivity contribution in [2.24, 2.45) is 0 Å². The van der Waals surface area contributed by atoms with Crippen molar-refractivity contribution in [2.45, 2.75) is 19.9 Å². The zero-order valence-corrected chi connectivity index (χ0v) is 11.8. The van der Waals surface area contributed by atoms with Crippen LogP contribution in [0.4, 0.5) is 0 Å². The van der Waals surface area contributed by atoms with E-state index in [9.17, 15) is 4.79 Å². The molecule has 0 bridgehead atoms. The Balaban J connectivity index is 1.70. The van der Waals surface area contributed by atoms with Crippen molar-refractivity contribution in [3.05, 3.63) is 59.5 Å². The highest BCUT2D eigenvalue weighted by molar-refractivity contribution is 5.94. The smallest absolute Gasteiger partial charge is 0.251 e. The Bertz CT molecular complexity index is 532. The Hall–Kier alpha value is -2.07. The van der Waals surface area contributed by atoms with Gasteiger partial charge in [-0.15, -0.1) is 0 Å². The van der Waals surface area contributed by atoms with Crippen LogP contribution in [0.5, 0.6) is 0 Å². The van der Waals surface area contributed by atoms with Gasteiger partial charge in [0.15, 0.2) is 0 Å². The van der Waals surface area contributed by atoms with E-state index >= 15 is 0 Å². The first-order chi connectivity index (χ1) is 9.66. The fraction of sp³-hybridized carbons (Fsp3) is 0.312. The summed E-state index contributed by atoms with van der Waals surface area (Å²) >= 11 is 0. The van der Waals surface area contributed by atoms with Gasteiger partial charge in [0.1, 0.15) is 5.76 Å². The number of nitrogens with one attached hydrogen (secondary N) is 2. The van der Waals surface area contributed by atoms with Gasteiger partial charge in [0.05, 0.1) is 12.3 Å². The lowest BCUT2D eigenvalue weighted by Crippen LogP contribution is -2.32. The molecule has 0 spiro atoms. The van der Waals surface area contributed by atoms with Crippen molar-refractivity contribution in [3.8, 4) is 0 Å². The van der Waals surface area contributed by atoms with Crippen LogP contribution in [0.1, 0.15) is 34.6 Å². The number of hydrogen-bond donors (Lipinski definition) is 2. The third-order valence-corrected chi connectivity index (χ3v) is 3.14. The van der Waals surface area contributed by atoms with Crippen LogP contribution < -0.4 is 10.6 Å². The average Bonchev–Trinajstić information content (AvgIpc) is 2.98. The molecular formula is C16H20N2O2. The Morgan fingerprint density at radius 3 is 2.60 bits per heavy atom. The van der Waals surface area contributed by atoms with Gasteiger partial charge in [0, 0.05) is 18.7 Å². The maximum Gasteiger partial charge on any atom is 0.251 e. The summed E-state index contributed by atoms with van der Waals surface area (Å²) in [5, 5.41) is 6.18. The lowest BCUT2D eigenvalue weighted by atomic mass is 10.1. The van der Waals surface area contributed by atoms with Crippen LogP contribution in [-0.4, -0.2) is 19.0 Å². The summed E-state index contributed by atoms with van der Waals surface area (Å²) in [5.41, 5.74) is 1.84. The molecule has 1 atom stereocenters. The van der Waals surface area contributed by atoms with E-state index in [0.717, 1.165) is 11.3 Å². The van der Waals surface area contributed by atoms with Crippen molar-refractivity contribution in [1.82, 2.24) is 10.6 Å². The maximum absolute atomic E-state index is 11.9. The number of aryl methyl sites for hydroxylation is 1. The van der Waals surface area contributed by atoms with Crippen LogP contribution in [0.15, 0.2) is 47.1 Å². The van der Waals surface area contributed by atoms with E-state index in [2.05, 4.69) is 10.6 Å². The van der Waals surface area contributed by atoms with Gasteiger partial charge in [-0.25, -0.2) is 0 Å². The Morgan fingerprint density at radius 1 is 1.20 bits per heavy atom. The number of benzene rings is 1. The maximum atomic E-state index is 11.9. The van der Waals surface area contributed by atoms with E-state index < -0.39 is 0 Å². The van der Waals surface area contributed by atoms with E-state index in [1.165, 1.54) is 0 Å². The minimum atomic E-state index is -0.0440. The second-order valence-electron chi connectivity index (χ2n) is 4.81. The van der Waals surface area contributed by atoms with E-state index in [-0.39, 0.29) is 11.9 Å². The summed E-state index contributed by atoms with van der Waals surface area (Å²) in [6.45, 7) is 5.31. The van der Waals surface area contributed by atoms with Gasteiger partial charge in [0.2, 0.25) is 0 Å². The Kier molecular flexibility index (Phi) is 4.96. The van der Waals surface area contributed by atoms with Crippen LogP contribution >= 0.6 is 0 Å². The fourth-order valence-electron chi connectivity index (χ4n) is 1.91. The van der Waals surface area contributed by atoms with E-state index in [1.807, 2.05) is 50.2 Å². The first-order valence-corrected chi connectivity index (χ1v) is 6.78. The van der Waals surface area contributed by atoms with E-state index in [1.54, 1.807) is 6.26 Å². The third kappa shape index (κ3) is 3.96. The summed E-state index contributed by atoms with van der Waals surface area (Å²) < 4.78 is 5.30. The molecule has 1 unspecified atom stereocenters. The van der Waals surface area contributed by atoms with Gasteiger partial charge < -0.3 is 15.1 Å². The predicted octanol–water partition coefficient (Wildman–Crippen LogP) is 2.67. The second-order valence-corrected chi connectivity index (χ2v) is 4.81. The number of carbonyl (C=O) groups excluding carboxylic acids is 1. The molecule has 0 aliphatic rings. The Morgan fingerprint density at radius 2 is 1.95 bits per heavy atom. The molecule has 4 nitrogen and oxygen atoms in total. The monoisotopic (exact) mass is 272 g/mol. The molecule has 2 aromatic rings. The second kappa shape index (κ2) is 6.91. The van der Waals surface area contributed by atoms with Gasteiger partial charge in [-0.1, -0.05) is 17.7 Å². The van der Waals surface area contributed by atoms with E-state index in [4.69, 9.17) is 4.42 Å². The molecule has 1 amide bonds. The van der Waals surface area contributed by atoms with Gasteiger partial charge in [-0.3, -0.25) is 4.79 Å². The number of amides is 1. The number of rotatable bonds is 6. The van der Waals surface area contributed by atoms with Crippen LogP contribution in [0, 0.1) is 6.92 Å². The molecule has 1 heterocycles. The molecule has 0 aliphatic heterocycles. The topological polar surface area (TPSA) is 54.3 Å². The lowest BCUT2D eigenvalue weighted by molar-refractivity contribution is 0.0953. The lowest BCUT2D eigenvalue weighted by Gasteiger charge is -2.11. The number of furan rings is 1. The average molecular weight is 272 g/mol. The molecule has 106 valence electrons. The van der Waals surface area contributed by atoms with Gasteiger partial charge in [-0.2, -0.15) is 0 Å². The molecule has 1 aromatic heterocycles. The molecule has 1 aromatic carbocycles. The minimum absolute atomic E-state index is 0.0440. The van der Waals surface area contributed by atoms with Crippen LogP contribution in [-0.2, 0) is 0 Å². The van der Waals surface area contributed by atoms with Crippen LogP contribution in [0.2, 0.25) is 0 Å². The molecule has 0 aliphatic carbocycles. The van der Waals surface area contributed by atoms with E-state index in [0.29, 0.717) is 18.7 Å². The third-order valence-electron chi connectivity index (χ3n) is 3.14. The quantitative estimate of drug-likeness (QED) is 0.795. The fourth-order valence-corrected chi connectivity index (χ4v) is 1.91. The molecule has 0 radical (unpaired) electrons. The van der Waals surface area contributed by atoms with Crippen molar-refractivity contribution in [2.75, 3.05) is 13.1 Å².